The van der Waals surface area contributed by atoms with E-state index >= 15 is 0 Å². The highest BCUT2D eigenvalue weighted by molar-refractivity contribution is 5.95. The molecule has 0 bridgehead atoms. The van der Waals surface area contributed by atoms with Gasteiger partial charge in [0, 0.05) is 112 Å². The van der Waals surface area contributed by atoms with E-state index in [4.69, 9.17) is 34.1 Å². The van der Waals surface area contributed by atoms with Crippen LogP contribution in [0.1, 0.15) is 66.6 Å². The lowest BCUT2D eigenvalue weighted by molar-refractivity contribution is -0.130. The molecule has 4 fully saturated rings. The first-order valence-electron chi connectivity index (χ1n) is 31.9. The lowest BCUT2D eigenvalue weighted by atomic mass is 10.0. The van der Waals surface area contributed by atoms with Crippen LogP contribution >= 0.6 is 0 Å². The van der Waals surface area contributed by atoms with Gasteiger partial charge in [-0.1, -0.05) is 103 Å². The van der Waals surface area contributed by atoms with Crippen LogP contribution in [-0.2, 0) is 42.1 Å². The lowest BCUT2D eigenvalue weighted by Crippen LogP contribution is -2.55. The minimum absolute atomic E-state index is 0.0650. The number of aromatic nitrogens is 4. The molecule has 22 heteroatoms. The number of ether oxygens (including phenoxy) is 3. The van der Waals surface area contributed by atoms with E-state index in [0.29, 0.717) is 77.6 Å². The van der Waals surface area contributed by atoms with Crippen molar-refractivity contribution < 1.29 is 33.7 Å². The summed E-state index contributed by atoms with van der Waals surface area (Å²) in [6.07, 6.45) is 4.55. The second kappa shape index (κ2) is 28.5. The van der Waals surface area contributed by atoms with E-state index in [9.17, 15) is 30.0 Å². The number of rotatable bonds is 16. The fraction of sp³-hybridized carbons (Fsp3) is 0.435. The number of nitriles is 2. The fourth-order valence-corrected chi connectivity index (χ4v) is 13.6. The highest BCUT2D eigenvalue weighted by Crippen LogP contribution is 2.38. The van der Waals surface area contributed by atoms with Crippen LogP contribution in [0.5, 0.6) is 12.0 Å². The second-order valence-electron chi connectivity index (χ2n) is 24.5. The zero-order valence-corrected chi connectivity index (χ0v) is 51.9. The van der Waals surface area contributed by atoms with Crippen molar-refractivity contribution in [2.24, 2.45) is 0 Å². The van der Waals surface area contributed by atoms with Crippen molar-refractivity contribution in [3.05, 3.63) is 143 Å². The minimum Gasteiger partial charge on any atom is -0.465 e. The number of carbonyl (C=O) groups excluding carboxylic acids is 2. The van der Waals surface area contributed by atoms with Crippen LogP contribution in [0.2, 0.25) is 0 Å². The molecular formula is C69H79N15O7. The summed E-state index contributed by atoms with van der Waals surface area (Å²) in [7, 11) is 3.54. The zero-order chi connectivity index (χ0) is 62.8. The SMILES string of the molecule is CN(C)C(=O)CN1CCC[C@H]1COc1nc2c(c(N3CCN(C(=O)O)C(CC#N)C3)n1)CCN(c1cccc3ccccc13)C2.N#CCC1CN(c2nc(OC[C@@H]3CCCN3)nc3c2CCN(c2cccc4ccccc24)C3)CCN1C(=O)OCc1ccccc1. The fourth-order valence-electron chi connectivity index (χ4n) is 13.6. The van der Waals surface area contributed by atoms with Crippen LogP contribution in [0.15, 0.2) is 115 Å². The third kappa shape index (κ3) is 14.3. The molecule has 7 aromatic rings. The summed E-state index contributed by atoms with van der Waals surface area (Å²) < 4.78 is 18.2. The molecular weight excluding hydrogens is 1150 g/mol. The first-order valence-corrected chi connectivity index (χ1v) is 31.9. The quantitative estimate of drug-likeness (QED) is 0.0926. The van der Waals surface area contributed by atoms with Crippen molar-refractivity contribution in [2.75, 3.05) is 119 Å². The summed E-state index contributed by atoms with van der Waals surface area (Å²) in [6, 6.07) is 44.0. The smallest absolute Gasteiger partial charge is 0.410 e. The Hall–Kier alpha value is -9.51. The van der Waals surface area contributed by atoms with Gasteiger partial charge in [-0.25, -0.2) is 9.59 Å². The average molecular weight is 1230 g/mol. The van der Waals surface area contributed by atoms with Crippen LogP contribution in [0.3, 0.4) is 0 Å². The summed E-state index contributed by atoms with van der Waals surface area (Å²) in [5, 5.41) is 37.2. The first kappa shape index (κ1) is 61.7. The molecule has 0 radical (unpaired) electrons. The molecule has 4 atom stereocenters. The van der Waals surface area contributed by atoms with Crippen LogP contribution in [0.4, 0.5) is 32.6 Å². The lowest BCUT2D eigenvalue weighted by Gasteiger charge is -2.42. The molecule has 8 heterocycles. The largest absolute Gasteiger partial charge is 0.465 e. The number of benzene rings is 5. The molecule has 472 valence electrons. The number of piperazine rings is 2. The highest BCUT2D eigenvalue weighted by atomic mass is 16.6. The molecule has 3 amide bonds. The van der Waals surface area contributed by atoms with E-state index in [-0.39, 0.29) is 50.0 Å². The number of anilines is 4. The molecule has 22 nitrogen and oxygen atoms in total. The Morgan fingerprint density at radius 2 is 1.15 bits per heavy atom. The Kier molecular flexibility index (Phi) is 19.4. The van der Waals surface area contributed by atoms with Gasteiger partial charge in [-0.05, 0) is 80.1 Å². The topological polar surface area (TPSA) is 236 Å². The number of carbonyl (C=O) groups is 3. The van der Waals surface area contributed by atoms with Crippen LogP contribution in [0, 0.1) is 22.7 Å². The third-order valence-electron chi connectivity index (χ3n) is 18.5. The summed E-state index contributed by atoms with van der Waals surface area (Å²) in [5.41, 5.74) is 7.27. The third-order valence-corrected chi connectivity index (χ3v) is 18.5. The van der Waals surface area contributed by atoms with Gasteiger partial charge in [-0.3, -0.25) is 9.69 Å². The van der Waals surface area contributed by atoms with Gasteiger partial charge < -0.3 is 58.9 Å². The number of likely N-dealkylation sites (N-methyl/N-ethyl adjacent to an activating group) is 1. The number of hydrogen-bond acceptors (Lipinski definition) is 18. The molecule has 2 aromatic heterocycles. The van der Waals surface area contributed by atoms with Crippen molar-refractivity contribution in [3.8, 4) is 24.2 Å². The van der Waals surface area contributed by atoms with Gasteiger partial charge in [-0.2, -0.15) is 30.5 Å². The molecule has 0 spiro atoms. The number of carboxylic acid groups (broad SMARTS) is 1. The van der Waals surface area contributed by atoms with E-state index in [1.54, 1.807) is 23.9 Å². The number of nitrogens with zero attached hydrogens (tertiary/aromatic N) is 14. The molecule has 4 saturated heterocycles. The van der Waals surface area contributed by atoms with Gasteiger partial charge in [0.05, 0.1) is 68.1 Å². The van der Waals surface area contributed by atoms with Crippen molar-refractivity contribution in [1.82, 2.24) is 44.9 Å². The standard InChI is InChI=1S/C36H39N7O3.C33H40N8O4/c37-17-15-29-22-42(20-21-43(29)36(44)46-24-26-8-2-1-3-9-26)34-31-16-19-41(33-14-6-11-27-10-4-5-13-30(27)33)23-32(31)39-35(40-34)45-25-28-12-7-18-38-28;1-37(2)30(42)21-38-15-6-9-25(38)22-45-32-35-28-20-39(29-11-5-8-23-7-3-4-10-26(23)29)16-13-27(28)31(36-32)40-17-18-41(33(43)44)24(19-40)12-14-34/h1-6,8-11,13-14,28-29,38H,7,12,15-16,18-25H2;3-5,7-8,10-11,24-25H,6,9,12-13,15-22H2,1-2H3,(H,43,44)/t28-,29?;24?,25-/m00/s1. The average Bonchev–Trinajstić information content (AvgIpc) is 1.22. The van der Waals surface area contributed by atoms with Crippen LogP contribution in [-0.4, -0.2) is 186 Å². The normalized spacial score (nSPS) is 19.8. The Balaban J connectivity index is 0.000000176. The van der Waals surface area contributed by atoms with E-state index in [0.717, 1.165) is 110 Å². The summed E-state index contributed by atoms with van der Waals surface area (Å²) in [6.45, 7) is 8.74. The molecule has 2 unspecified atom stereocenters. The number of nitrogens with one attached hydrogen (secondary N) is 1. The van der Waals surface area contributed by atoms with E-state index in [1.165, 1.54) is 32.1 Å². The zero-order valence-electron chi connectivity index (χ0n) is 51.9. The first-order chi connectivity index (χ1) is 44.5. The molecule has 5 aromatic carbocycles. The molecule has 13 rings (SSSR count). The van der Waals surface area contributed by atoms with Crippen LogP contribution in [0.25, 0.3) is 21.5 Å². The van der Waals surface area contributed by atoms with Gasteiger partial charge in [0.25, 0.3) is 0 Å². The predicted octanol–water partition coefficient (Wildman–Crippen LogP) is 8.27. The number of hydrogen-bond donors (Lipinski definition) is 2. The van der Waals surface area contributed by atoms with Crippen LogP contribution < -0.4 is 34.4 Å². The number of likely N-dealkylation sites (tertiary alicyclic amines) is 1. The summed E-state index contributed by atoms with van der Waals surface area (Å²) in [5.74, 6) is 1.67. The molecule has 2 N–H and O–H groups in total. The molecule has 6 aliphatic heterocycles. The maximum atomic E-state index is 13.2. The Morgan fingerprint density at radius 3 is 1.71 bits per heavy atom. The molecule has 91 heavy (non-hydrogen) atoms. The Bertz CT molecular complexity index is 3810. The predicted molar refractivity (Wildman–Crippen MR) is 347 cm³/mol. The number of fused-ring (bicyclic) bond motifs is 4. The summed E-state index contributed by atoms with van der Waals surface area (Å²) >= 11 is 0. The maximum Gasteiger partial charge on any atom is 0.410 e. The van der Waals surface area contributed by atoms with Crippen molar-refractivity contribution in [1.29, 1.82) is 10.5 Å². The monoisotopic (exact) mass is 1230 g/mol. The molecule has 0 aliphatic carbocycles. The van der Waals surface area contributed by atoms with Gasteiger partial charge in [0.1, 0.15) is 31.5 Å². The van der Waals surface area contributed by atoms with E-state index in [2.05, 4.69) is 121 Å². The highest BCUT2D eigenvalue weighted by Gasteiger charge is 2.37. The van der Waals surface area contributed by atoms with E-state index in [1.807, 2.05) is 36.4 Å². The van der Waals surface area contributed by atoms with Gasteiger partial charge >= 0.3 is 24.2 Å². The second-order valence-corrected chi connectivity index (χ2v) is 24.5. The van der Waals surface area contributed by atoms with Gasteiger partial charge in [0.15, 0.2) is 0 Å². The Morgan fingerprint density at radius 1 is 0.604 bits per heavy atom. The van der Waals surface area contributed by atoms with Crippen molar-refractivity contribution in [2.45, 2.75) is 95.2 Å². The number of amides is 3. The van der Waals surface area contributed by atoms with Gasteiger partial charge in [0.2, 0.25) is 5.91 Å². The van der Waals surface area contributed by atoms with E-state index < -0.39 is 18.2 Å². The Labute approximate surface area is 531 Å². The maximum absolute atomic E-state index is 13.2. The van der Waals surface area contributed by atoms with Gasteiger partial charge in [-0.15, -0.1) is 0 Å². The summed E-state index contributed by atoms with van der Waals surface area (Å²) in [4.78, 5) is 73.2. The van der Waals surface area contributed by atoms with Crippen molar-refractivity contribution >= 4 is 62.6 Å². The molecule has 6 aliphatic rings. The van der Waals surface area contributed by atoms with Crippen molar-refractivity contribution in [3.63, 3.8) is 0 Å². The molecule has 0 saturated carbocycles. The minimum atomic E-state index is -1.01.